The van der Waals surface area contributed by atoms with Crippen molar-refractivity contribution in [2.75, 3.05) is 13.2 Å². The number of benzene rings is 2. The number of hydrogen-bond acceptors (Lipinski definition) is 6. The number of carbonyl (C=O) groups is 2. The van der Waals surface area contributed by atoms with Gasteiger partial charge in [0.1, 0.15) is 19.0 Å². The van der Waals surface area contributed by atoms with Gasteiger partial charge in [0.15, 0.2) is 11.5 Å². The lowest BCUT2D eigenvalue weighted by Crippen LogP contribution is -2.28. The lowest BCUT2D eigenvalue weighted by atomic mass is 9.95. The fourth-order valence-electron chi connectivity index (χ4n) is 3.95. The molecule has 0 aliphatic carbocycles. The summed E-state index contributed by atoms with van der Waals surface area (Å²) in [5, 5.41) is 13.1. The summed E-state index contributed by atoms with van der Waals surface area (Å²) in [6.07, 6.45) is 0. The Labute approximate surface area is 196 Å². The van der Waals surface area contributed by atoms with E-state index in [-0.39, 0.29) is 17.9 Å². The highest BCUT2D eigenvalue weighted by Crippen LogP contribution is 2.42. The van der Waals surface area contributed by atoms with Gasteiger partial charge < -0.3 is 19.5 Å². The van der Waals surface area contributed by atoms with Gasteiger partial charge in [0.05, 0.1) is 18.2 Å². The van der Waals surface area contributed by atoms with E-state index in [0.29, 0.717) is 30.3 Å². The number of hydrogen-bond donors (Lipinski definition) is 1. The van der Waals surface area contributed by atoms with Crippen LogP contribution in [-0.4, -0.2) is 34.9 Å². The third-order valence-corrected chi connectivity index (χ3v) is 6.84. The first kappa shape index (κ1) is 20.8. The van der Waals surface area contributed by atoms with Gasteiger partial charge in [-0.3, -0.25) is 9.59 Å². The van der Waals surface area contributed by atoms with E-state index in [2.05, 4.69) is 15.9 Å². The maximum absolute atomic E-state index is 13.1. The largest absolute Gasteiger partial charge is 0.507 e. The number of rotatable bonds is 4. The van der Waals surface area contributed by atoms with Crippen molar-refractivity contribution in [3.8, 4) is 11.5 Å². The molecule has 0 radical (unpaired) electrons. The van der Waals surface area contributed by atoms with Crippen molar-refractivity contribution in [1.29, 1.82) is 0 Å². The number of nitrogens with zero attached hydrogens (tertiary/aromatic N) is 1. The molecular formula is C24H18BrNO5S. The Morgan fingerprint density at radius 1 is 1.06 bits per heavy atom. The minimum absolute atomic E-state index is 0.0607. The van der Waals surface area contributed by atoms with E-state index in [0.717, 1.165) is 14.9 Å². The highest BCUT2D eigenvalue weighted by Gasteiger charge is 2.46. The molecule has 3 aromatic rings. The third kappa shape index (κ3) is 3.69. The SMILES string of the molecule is O=C1C(=O)N(Cc2cccs2)C(c2ccc(Br)cc2)/C1=C(\O)c1ccc2c(c1)OCCO2. The van der Waals surface area contributed by atoms with Crippen molar-refractivity contribution in [3.05, 3.63) is 86.0 Å². The van der Waals surface area contributed by atoms with Gasteiger partial charge in [0, 0.05) is 14.9 Å². The molecule has 162 valence electrons. The van der Waals surface area contributed by atoms with Crippen LogP contribution >= 0.6 is 27.3 Å². The fraction of sp³-hybridized carbons (Fsp3) is 0.167. The molecule has 8 heteroatoms. The van der Waals surface area contributed by atoms with Gasteiger partial charge in [0.25, 0.3) is 11.7 Å². The van der Waals surface area contributed by atoms with Gasteiger partial charge in [-0.05, 0) is 47.3 Å². The number of fused-ring (bicyclic) bond motifs is 1. The Balaban J connectivity index is 1.63. The Morgan fingerprint density at radius 3 is 2.53 bits per heavy atom. The summed E-state index contributed by atoms with van der Waals surface area (Å²) >= 11 is 4.94. The zero-order valence-corrected chi connectivity index (χ0v) is 19.2. The minimum Gasteiger partial charge on any atom is -0.507 e. The zero-order valence-electron chi connectivity index (χ0n) is 16.8. The summed E-state index contributed by atoms with van der Waals surface area (Å²) < 4.78 is 12.0. The van der Waals surface area contributed by atoms with Crippen molar-refractivity contribution in [2.24, 2.45) is 0 Å². The maximum atomic E-state index is 13.1. The van der Waals surface area contributed by atoms with Crippen LogP contribution in [0.15, 0.2) is 70.0 Å². The molecule has 1 amide bonds. The molecule has 32 heavy (non-hydrogen) atoms. The first-order chi connectivity index (χ1) is 15.5. The molecule has 2 aliphatic rings. The molecule has 1 fully saturated rings. The summed E-state index contributed by atoms with van der Waals surface area (Å²) in [5.41, 5.74) is 1.19. The number of amides is 1. The molecule has 1 atom stereocenters. The van der Waals surface area contributed by atoms with Crippen molar-refractivity contribution in [3.63, 3.8) is 0 Å². The summed E-state index contributed by atoms with van der Waals surface area (Å²) in [7, 11) is 0. The van der Waals surface area contributed by atoms with Crippen LogP contribution in [0.25, 0.3) is 5.76 Å². The van der Waals surface area contributed by atoms with E-state index >= 15 is 0 Å². The number of halogens is 1. The Bertz CT molecular complexity index is 1220. The molecule has 3 heterocycles. The molecule has 0 spiro atoms. The number of thiophene rings is 1. The van der Waals surface area contributed by atoms with Gasteiger partial charge in [-0.1, -0.05) is 34.1 Å². The highest BCUT2D eigenvalue weighted by atomic mass is 79.9. The van der Waals surface area contributed by atoms with Crippen LogP contribution in [0.3, 0.4) is 0 Å². The molecule has 0 bridgehead atoms. The van der Waals surface area contributed by atoms with Crippen LogP contribution in [0.1, 0.15) is 22.0 Å². The number of carbonyl (C=O) groups excluding carboxylic acids is 2. The minimum atomic E-state index is -0.710. The smallest absolute Gasteiger partial charge is 0.295 e. The van der Waals surface area contributed by atoms with Crippen LogP contribution < -0.4 is 9.47 Å². The second-order valence-corrected chi connectivity index (χ2v) is 9.36. The van der Waals surface area contributed by atoms with E-state index in [1.807, 2.05) is 41.8 Å². The summed E-state index contributed by atoms with van der Waals surface area (Å²) in [5.74, 6) is -0.502. The van der Waals surface area contributed by atoms with Crippen LogP contribution in [-0.2, 0) is 16.1 Å². The molecule has 6 nitrogen and oxygen atoms in total. The van der Waals surface area contributed by atoms with E-state index in [9.17, 15) is 14.7 Å². The highest BCUT2D eigenvalue weighted by molar-refractivity contribution is 9.10. The third-order valence-electron chi connectivity index (χ3n) is 5.45. The number of likely N-dealkylation sites (tertiary alicyclic amines) is 1. The van der Waals surface area contributed by atoms with Crippen molar-refractivity contribution in [1.82, 2.24) is 4.90 Å². The molecular weight excluding hydrogens is 494 g/mol. The van der Waals surface area contributed by atoms with Crippen molar-refractivity contribution < 1.29 is 24.2 Å². The lowest BCUT2D eigenvalue weighted by molar-refractivity contribution is -0.140. The van der Waals surface area contributed by atoms with E-state index < -0.39 is 17.7 Å². The topological polar surface area (TPSA) is 76.1 Å². The van der Waals surface area contributed by atoms with Gasteiger partial charge >= 0.3 is 0 Å². The molecule has 1 saturated heterocycles. The molecule has 1 aromatic heterocycles. The standard InChI is InChI=1S/C24H18BrNO5S/c25-16-6-3-14(4-7-16)21-20(23(28)24(29)26(21)13-17-2-1-11-32-17)22(27)15-5-8-18-19(12-15)31-10-9-30-18/h1-8,11-12,21,27H,9-10,13H2/b22-20+. The van der Waals surface area contributed by atoms with Crippen LogP contribution in [0.4, 0.5) is 0 Å². The monoisotopic (exact) mass is 511 g/mol. The van der Waals surface area contributed by atoms with Crippen LogP contribution in [0, 0.1) is 0 Å². The molecule has 2 aromatic carbocycles. The van der Waals surface area contributed by atoms with Gasteiger partial charge in [-0.2, -0.15) is 0 Å². The zero-order chi connectivity index (χ0) is 22.2. The fourth-order valence-corrected chi connectivity index (χ4v) is 4.92. The average Bonchev–Trinajstić information content (AvgIpc) is 3.41. The first-order valence-electron chi connectivity index (χ1n) is 9.99. The molecule has 1 unspecified atom stereocenters. The summed E-state index contributed by atoms with van der Waals surface area (Å²) in [6, 6.07) is 15.5. The summed E-state index contributed by atoms with van der Waals surface area (Å²) in [6.45, 7) is 1.14. The van der Waals surface area contributed by atoms with Crippen molar-refractivity contribution >= 4 is 44.7 Å². The van der Waals surface area contributed by atoms with Gasteiger partial charge in [-0.15, -0.1) is 11.3 Å². The first-order valence-corrected chi connectivity index (χ1v) is 11.7. The number of Topliss-reactive ketones (excluding diaryl/α,β-unsaturated/α-hetero) is 1. The predicted molar refractivity (Wildman–Crippen MR) is 124 cm³/mol. The van der Waals surface area contributed by atoms with E-state index in [1.165, 1.54) is 16.2 Å². The van der Waals surface area contributed by atoms with Crippen LogP contribution in [0.5, 0.6) is 11.5 Å². The van der Waals surface area contributed by atoms with Gasteiger partial charge in [-0.25, -0.2) is 0 Å². The lowest BCUT2D eigenvalue weighted by Gasteiger charge is -2.25. The second-order valence-electron chi connectivity index (χ2n) is 7.42. The van der Waals surface area contributed by atoms with Gasteiger partial charge in [0.2, 0.25) is 0 Å². The van der Waals surface area contributed by atoms with E-state index in [1.54, 1.807) is 18.2 Å². The average molecular weight is 512 g/mol. The number of ether oxygens (including phenoxy) is 2. The number of ketones is 1. The second kappa shape index (κ2) is 8.44. The number of aliphatic hydroxyl groups excluding tert-OH is 1. The van der Waals surface area contributed by atoms with E-state index in [4.69, 9.17) is 9.47 Å². The molecule has 5 rings (SSSR count). The molecule has 1 N–H and O–H groups in total. The Hall–Kier alpha value is -3.10. The normalized spacial score (nSPS) is 19.4. The molecule has 2 aliphatic heterocycles. The molecule has 0 saturated carbocycles. The Kier molecular flexibility index (Phi) is 5.48. The van der Waals surface area contributed by atoms with Crippen LogP contribution in [0.2, 0.25) is 0 Å². The summed E-state index contributed by atoms with van der Waals surface area (Å²) in [4.78, 5) is 28.6. The predicted octanol–water partition coefficient (Wildman–Crippen LogP) is 4.90. The number of aliphatic hydroxyl groups is 1. The quantitative estimate of drug-likeness (QED) is 0.306. The van der Waals surface area contributed by atoms with Crippen molar-refractivity contribution in [2.45, 2.75) is 12.6 Å². The maximum Gasteiger partial charge on any atom is 0.295 e. The Morgan fingerprint density at radius 2 is 1.81 bits per heavy atom.